The van der Waals surface area contributed by atoms with Gasteiger partial charge in [-0.05, 0) is 36.8 Å². The minimum absolute atomic E-state index is 0.150. The van der Waals surface area contributed by atoms with Crippen LogP contribution in [0.4, 0.5) is 5.69 Å². The summed E-state index contributed by atoms with van der Waals surface area (Å²) in [4.78, 5) is 4.21. The van der Waals surface area contributed by atoms with Crippen molar-refractivity contribution in [3.8, 4) is 0 Å². The van der Waals surface area contributed by atoms with Gasteiger partial charge in [-0.2, -0.15) is 0 Å². The number of nitrogens with zero attached hydrogens (tertiary/aromatic N) is 1. The molecule has 1 aromatic heterocycles. The number of nitrogens with one attached hydrogen (secondary N) is 1. The van der Waals surface area contributed by atoms with Crippen molar-refractivity contribution in [3.05, 3.63) is 53.9 Å². The van der Waals surface area contributed by atoms with Gasteiger partial charge in [0.05, 0.1) is 17.1 Å². The topological polar surface area (TPSA) is 85.1 Å². The van der Waals surface area contributed by atoms with Crippen molar-refractivity contribution in [2.45, 2.75) is 18.4 Å². The van der Waals surface area contributed by atoms with Gasteiger partial charge in [0.1, 0.15) is 0 Å². The number of benzene rings is 1. The summed E-state index contributed by atoms with van der Waals surface area (Å²) in [5, 5.41) is 0. The predicted octanol–water partition coefficient (Wildman–Crippen LogP) is 1.45. The van der Waals surface area contributed by atoms with Crippen molar-refractivity contribution < 1.29 is 8.42 Å². The van der Waals surface area contributed by atoms with Crippen molar-refractivity contribution in [3.63, 3.8) is 0 Å². The molecular formula is C13H15N3O2S. The molecule has 2 aromatic rings. The molecule has 0 amide bonds. The Kier molecular flexibility index (Phi) is 3.82. The van der Waals surface area contributed by atoms with E-state index in [0.717, 1.165) is 5.56 Å². The van der Waals surface area contributed by atoms with Gasteiger partial charge in [-0.1, -0.05) is 12.1 Å². The molecule has 0 saturated carbocycles. The highest BCUT2D eigenvalue weighted by Gasteiger charge is 2.14. The summed E-state index contributed by atoms with van der Waals surface area (Å²) < 4.78 is 26.6. The van der Waals surface area contributed by atoms with Gasteiger partial charge in [0.25, 0.3) is 0 Å². The van der Waals surface area contributed by atoms with E-state index in [0.29, 0.717) is 11.4 Å². The Labute approximate surface area is 112 Å². The van der Waals surface area contributed by atoms with Crippen LogP contribution in [0.25, 0.3) is 0 Å². The molecule has 100 valence electrons. The highest BCUT2D eigenvalue weighted by atomic mass is 32.2. The highest BCUT2D eigenvalue weighted by molar-refractivity contribution is 7.89. The monoisotopic (exact) mass is 277 g/mol. The van der Waals surface area contributed by atoms with Crippen LogP contribution in [-0.2, 0) is 16.6 Å². The van der Waals surface area contributed by atoms with Crippen LogP contribution >= 0.6 is 0 Å². The summed E-state index contributed by atoms with van der Waals surface area (Å²) in [6.45, 7) is 1.98. The number of sulfonamides is 1. The molecule has 0 spiro atoms. The van der Waals surface area contributed by atoms with Crippen LogP contribution in [0.1, 0.15) is 11.3 Å². The fraction of sp³-hybridized carbons (Fsp3) is 0.154. The smallest absolute Gasteiger partial charge is 0.240 e. The van der Waals surface area contributed by atoms with Gasteiger partial charge in [-0.25, -0.2) is 13.1 Å². The van der Waals surface area contributed by atoms with E-state index in [1.54, 1.807) is 30.5 Å². The molecule has 19 heavy (non-hydrogen) atoms. The van der Waals surface area contributed by atoms with Gasteiger partial charge in [-0.15, -0.1) is 0 Å². The molecule has 0 saturated heterocycles. The lowest BCUT2D eigenvalue weighted by Crippen LogP contribution is -2.23. The van der Waals surface area contributed by atoms with Crippen LogP contribution in [0.5, 0.6) is 0 Å². The standard InChI is InChI=1S/C13H15N3O2S/c1-10-5-6-12(8-13(10)14)19(17,18)16-9-11-4-2-3-7-15-11/h2-8,16H,9,14H2,1H3. The Morgan fingerprint density at radius 3 is 2.68 bits per heavy atom. The third-order valence-corrected chi connectivity index (χ3v) is 4.13. The molecule has 6 heteroatoms. The molecule has 5 nitrogen and oxygen atoms in total. The molecule has 0 unspecified atom stereocenters. The molecule has 0 aliphatic carbocycles. The second-order valence-electron chi connectivity index (χ2n) is 4.16. The Bertz CT molecular complexity index is 670. The fourth-order valence-electron chi connectivity index (χ4n) is 1.54. The molecule has 2 rings (SSSR count). The summed E-state index contributed by atoms with van der Waals surface area (Å²) in [6, 6.07) is 10.0. The maximum absolute atomic E-state index is 12.1. The van der Waals surface area contributed by atoms with Gasteiger partial charge in [0.2, 0.25) is 10.0 Å². The van der Waals surface area contributed by atoms with Gasteiger partial charge in [0.15, 0.2) is 0 Å². The van der Waals surface area contributed by atoms with E-state index in [4.69, 9.17) is 5.73 Å². The Morgan fingerprint density at radius 1 is 1.26 bits per heavy atom. The van der Waals surface area contributed by atoms with Crippen molar-refractivity contribution in [2.24, 2.45) is 0 Å². The SMILES string of the molecule is Cc1ccc(S(=O)(=O)NCc2ccccn2)cc1N. The van der Waals surface area contributed by atoms with Crippen LogP contribution in [-0.4, -0.2) is 13.4 Å². The molecule has 1 heterocycles. The molecule has 0 bridgehead atoms. The molecule has 0 atom stereocenters. The number of aromatic nitrogens is 1. The lowest BCUT2D eigenvalue weighted by molar-refractivity contribution is 0.580. The van der Waals surface area contributed by atoms with E-state index >= 15 is 0 Å². The summed E-state index contributed by atoms with van der Waals surface area (Å²) in [5.41, 5.74) is 7.69. The zero-order valence-electron chi connectivity index (χ0n) is 10.5. The van der Waals surface area contributed by atoms with Crippen LogP contribution in [0.15, 0.2) is 47.5 Å². The third kappa shape index (κ3) is 3.30. The first-order valence-electron chi connectivity index (χ1n) is 5.75. The van der Waals surface area contributed by atoms with Gasteiger partial charge >= 0.3 is 0 Å². The number of rotatable bonds is 4. The second-order valence-corrected chi connectivity index (χ2v) is 5.93. The highest BCUT2D eigenvalue weighted by Crippen LogP contribution is 2.17. The fourth-order valence-corrected chi connectivity index (χ4v) is 2.57. The number of nitrogens with two attached hydrogens (primary N) is 1. The summed E-state index contributed by atoms with van der Waals surface area (Å²) >= 11 is 0. The average Bonchev–Trinajstić information content (AvgIpc) is 2.41. The Balaban J connectivity index is 2.16. The Hall–Kier alpha value is -1.92. The second kappa shape index (κ2) is 5.38. The van der Waals surface area contributed by atoms with Crippen LogP contribution in [0, 0.1) is 6.92 Å². The maximum atomic E-state index is 12.1. The Morgan fingerprint density at radius 2 is 2.05 bits per heavy atom. The van der Waals surface area contributed by atoms with Crippen molar-refractivity contribution in [1.82, 2.24) is 9.71 Å². The van der Waals surface area contributed by atoms with E-state index in [9.17, 15) is 8.42 Å². The minimum atomic E-state index is -3.57. The summed E-state index contributed by atoms with van der Waals surface area (Å²) in [5.74, 6) is 0. The van der Waals surface area contributed by atoms with Crippen molar-refractivity contribution in [2.75, 3.05) is 5.73 Å². The largest absolute Gasteiger partial charge is 0.398 e. The maximum Gasteiger partial charge on any atom is 0.240 e. The van der Waals surface area contributed by atoms with Gasteiger partial charge in [-0.3, -0.25) is 4.98 Å². The average molecular weight is 277 g/mol. The number of nitrogen functional groups attached to an aromatic ring is 1. The lowest BCUT2D eigenvalue weighted by atomic mass is 10.2. The first kappa shape index (κ1) is 13.5. The van der Waals surface area contributed by atoms with E-state index in [2.05, 4.69) is 9.71 Å². The summed E-state index contributed by atoms with van der Waals surface area (Å²) in [6.07, 6.45) is 1.62. The normalized spacial score (nSPS) is 11.4. The number of aryl methyl sites for hydroxylation is 1. The zero-order chi connectivity index (χ0) is 13.9. The first-order chi connectivity index (χ1) is 8.99. The van der Waals surface area contributed by atoms with Crippen LogP contribution in [0.2, 0.25) is 0 Å². The number of anilines is 1. The van der Waals surface area contributed by atoms with Crippen LogP contribution in [0.3, 0.4) is 0 Å². The van der Waals surface area contributed by atoms with Crippen molar-refractivity contribution >= 4 is 15.7 Å². The lowest BCUT2D eigenvalue weighted by Gasteiger charge is -2.08. The van der Waals surface area contributed by atoms with E-state index in [1.807, 2.05) is 6.92 Å². The van der Waals surface area contributed by atoms with Gasteiger partial charge < -0.3 is 5.73 Å². The zero-order valence-corrected chi connectivity index (χ0v) is 11.3. The first-order valence-corrected chi connectivity index (χ1v) is 7.23. The molecule has 3 N–H and O–H groups in total. The minimum Gasteiger partial charge on any atom is -0.398 e. The molecule has 1 aromatic carbocycles. The predicted molar refractivity (Wildman–Crippen MR) is 73.9 cm³/mol. The molecule has 0 aliphatic rings. The van der Waals surface area contributed by atoms with Gasteiger partial charge in [0, 0.05) is 11.9 Å². The molecule has 0 fully saturated rings. The van der Waals surface area contributed by atoms with E-state index < -0.39 is 10.0 Å². The molecular weight excluding hydrogens is 262 g/mol. The molecule has 0 aliphatic heterocycles. The van der Waals surface area contributed by atoms with Crippen LogP contribution < -0.4 is 10.5 Å². The quantitative estimate of drug-likeness (QED) is 0.828. The third-order valence-electron chi connectivity index (χ3n) is 2.73. The van der Waals surface area contributed by atoms with E-state index in [1.165, 1.54) is 12.1 Å². The molecule has 0 radical (unpaired) electrons. The van der Waals surface area contributed by atoms with E-state index in [-0.39, 0.29) is 11.4 Å². The summed E-state index contributed by atoms with van der Waals surface area (Å²) in [7, 11) is -3.57. The number of hydrogen-bond donors (Lipinski definition) is 2. The number of pyridine rings is 1. The van der Waals surface area contributed by atoms with Crippen molar-refractivity contribution in [1.29, 1.82) is 0 Å². The number of hydrogen-bond acceptors (Lipinski definition) is 4.